The normalized spacial score (nSPS) is 18.5. The van der Waals surface area contributed by atoms with Crippen LogP contribution in [0.3, 0.4) is 0 Å². The molecule has 1 saturated heterocycles. The number of nitrogens with one attached hydrogen (secondary N) is 2. The number of carbonyl (C=O) groups excluding carboxylic acids is 5. The molecule has 0 aromatic carbocycles. The van der Waals surface area contributed by atoms with Crippen LogP contribution in [0.2, 0.25) is 4.34 Å². The van der Waals surface area contributed by atoms with Gasteiger partial charge in [0.05, 0.1) is 11.7 Å². The van der Waals surface area contributed by atoms with Crippen LogP contribution in [0.25, 0.3) is 0 Å². The number of esters is 1. The number of anilines is 1. The molecule has 2 aromatic rings. The number of hydrogen-bond donors (Lipinski definition) is 2. The first kappa shape index (κ1) is 30.9. The fraction of sp³-hybridized carbons (Fsp3) is 0.360. The Hall–Kier alpha value is -4.02. The van der Waals surface area contributed by atoms with E-state index < -0.39 is 53.1 Å². The number of nitrogens with zero attached hydrogens (tertiary/aromatic N) is 4. The molecule has 1 fully saturated rings. The van der Waals surface area contributed by atoms with Crippen LogP contribution in [0.1, 0.15) is 26.5 Å². The maximum absolute atomic E-state index is 13.4. The van der Waals surface area contributed by atoms with Crippen LogP contribution in [-0.4, -0.2) is 75.1 Å². The number of oxime groups is 1. The van der Waals surface area contributed by atoms with Crippen LogP contribution in [0.15, 0.2) is 47.0 Å². The van der Waals surface area contributed by atoms with Crippen molar-refractivity contribution in [1.29, 1.82) is 0 Å². The molecular formula is C25H25ClN6O8S2. The number of amides is 3. The lowest BCUT2D eigenvalue weighted by Gasteiger charge is -2.50. The van der Waals surface area contributed by atoms with Crippen molar-refractivity contribution in [3.63, 3.8) is 0 Å². The van der Waals surface area contributed by atoms with E-state index in [0.29, 0.717) is 12.0 Å². The van der Waals surface area contributed by atoms with Crippen LogP contribution in [0.4, 0.5) is 5.13 Å². The Morgan fingerprint density at radius 2 is 2.00 bits per heavy atom. The van der Waals surface area contributed by atoms with E-state index in [2.05, 4.69) is 20.8 Å². The standard InChI is InChI=1S/C25H25ClN6O8S2/c1-25(2,3)40-14(34)10-39-30-16(15-19(26)42-24(29-15)27-12-33)20(35)28-17-21(36)32-18(23(37)38)13(11-41-22(17)32)9-31-7-5-4-6-8-31/h4-8,12,17,22H,9-11H2,1-3H3,(H2-,27,28,29,33,35,37,38)/t17?,22-/m0/s1. The van der Waals surface area contributed by atoms with Crippen molar-refractivity contribution in [2.24, 2.45) is 5.16 Å². The number of β-lactam (4-membered cyclic amide) rings is 1. The summed E-state index contributed by atoms with van der Waals surface area (Å²) in [5, 5.41) is 20.0. The topological polar surface area (TPSA) is 183 Å². The van der Waals surface area contributed by atoms with Crippen molar-refractivity contribution >= 4 is 75.7 Å². The number of halogens is 1. The molecule has 2 aliphatic heterocycles. The Morgan fingerprint density at radius 1 is 1.29 bits per heavy atom. The second-order valence-electron chi connectivity index (χ2n) is 9.85. The number of rotatable bonds is 11. The Kier molecular flexibility index (Phi) is 9.48. The van der Waals surface area contributed by atoms with E-state index >= 15 is 0 Å². The summed E-state index contributed by atoms with van der Waals surface area (Å²) in [5.41, 5.74) is -1.21. The summed E-state index contributed by atoms with van der Waals surface area (Å²) in [6, 6.07) is 4.28. The lowest BCUT2D eigenvalue weighted by atomic mass is 10.0. The van der Waals surface area contributed by atoms with Gasteiger partial charge in [-0.1, -0.05) is 34.2 Å². The number of thiazole rings is 1. The fourth-order valence-corrected chi connectivity index (χ4v) is 6.37. The minimum atomic E-state index is -1.51. The number of carboxylic acid groups (broad SMARTS) is 1. The summed E-state index contributed by atoms with van der Waals surface area (Å²) in [7, 11) is 0. The largest absolute Gasteiger partial charge is 0.543 e. The van der Waals surface area contributed by atoms with Gasteiger partial charge in [-0.15, -0.1) is 11.8 Å². The van der Waals surface area contributed by atoms with Crippen LogP contribution in [0.5, 0.6) is 0 Å². The van der Waals surface area contributed by atoms with Gasteiger partial charge in [-0.2, -0.15) is 0 Å². The highest BCUT2D eigenvalue weighted by molar-refractivity contribution is 8.00. The fourth-order valence-electron chi connectivity index (χ4n) is 4.04. The quantitative estimate of drug-likeness (QED) is 0.0838. The Labute approximate surface area is 252 Å². The van der Waals surface area contributed by atoms with Crippen molar-refractivity contribution in [2.75, 3.05) is 17.7 Å². The van der Waals surface area contributed by atoms with Crippen molar-refractivity contribution < 1.29 is 43.2 Å². The molecule has 1 unspecified atom stereocenters. The first-order valence-electron chi connectivity index (χ1n) is 12.3. The molecule has 222 valence electrons. The Bertz CT molecular complexity index is 1470. The van der Waals surface area contributed by atoms with Gasteiger partial charge in [0.2, 0.25) is 13.0 Å². The second kappa shape index (κ2) is 12.9. The van der Waals surface area contributed by atoms with Gasteiger partial charge in [0, 0.05) is 23.5 Å². The van der Waals surface area contributed by atoms with Gasteiger partial charge in [-0.25, -0.2) is 14.3 Å². The molecule has 4 rings (SSSR count). The van der Waals surface area contributed by atoms with Gasteiger partial charge in [-0.05, 0) is 20.8 Å². The number of carbonyl (C=O) groups is 5. The number of pyridine rings is 1. The first-order chi connectivity index (χ1) is 19.9. The van der Waals surface area contributed by atoms with Gasteiger partial charge in [0.15, 0.2) is 29.8 Å². The zero-order valence-electron chi connectivity index (χ0n) is 22.5. The molecule has 0 aliphatic carbocycles. The minimum absolute atomic E-state index is 0.0343. The number of thioether (sulfide) groups is 1. The average molecular weight is 637 g/mol. The van der Waals surface area contributed by atoms with E-state index in [-0.39, 0.29) is 33.2 Å². The van der Waals surface area contributed by atoms with Gasteiger partial charge in [-0.3, -0.25) is 19.3 Å². The highest BCUT2D eigenvalue weighted by atomic mass is 35.5. The molecule has 0 bridgehead atoms. The summed E-state index contributed by atoms with van der Waals surface area (Å²) in [6.07, 6.45) is 3.90. The third-order valence-corrected chi connectivity index (χ3v) is 8.17. The van der Waals surface area contributed by atoms with E-state index in [1.165, 1.54) is 11.8 Å². The van der Waals surface area contributed by atoms with Crippen LogP contribution < -0.4 is 20.3 Å². The molecule has 2 aromatic heterocycles. The number of fused-ring (bicyclic) bond motifs is 1. The SMILES string of the molecule is CC(C)(C)OC(=O)CON=C(C(=O)NC1C(=O)N2C(C(=O)[O-])=C(C[n+]3ccccc3)CS[C@@H]12)c1nc(NC=O)sc1Cl. The molecule has 42 heavy (non-hydrogen) atoms. The highest BCUT2D eigenvalue weighted by Gasteiger charge is 2.53. The molecule has 2 aliphatic rings. The summed E-state index contributed by atoms with van der Waals surface area (Å²) in [6.45, 7) is 4.57. The number of carboxylic acids is 1. The number of aliphatic carboxylic acids is 1. The van der Waals surface area contributed by atoms with Gasteiger partial charge in [0.1, 0.15) is 27.0 Å². The van der Waals surface area contributed by atoms with E-state index in [0.717, 1.165) is 16.2 Å². The van der Waals surface area contributed by atoms with E-state index in [1.807, 2.05) is 6.07 Å². The molecule has 0 saturated carbocycles. The molecule has 0 spiro atoms. The van der Waals surface area contributed by atoms with E-state index in [1.54, 1.807) is 49.9 Å². The average Bonchev–Trinajstić information content (AvgIpc) is 3.28. The minimum Gasteiger partial charge on any atom is -0.543 e. The van der Waals surface area contributed by atoms with Crippen LogP contribution in [-0.2, 0) is 40.1 Å². The van der Waals surface area contributed by atoms with Gasteiger partial charge >= 0.3 is 5.97 Å². The van der Waals surface area contributed by atoms with Crippen molar-refractivity contribution in [3.05, 3.63) is 51.9 Å². The first-order valence-corrected chi connectivity index (χ1v) is 14.6. The smallest absolute Gasteiger partial charge is 0.347 e. The van der Waals surface area contributed by atoms with Crippen LogP contribution in [0, 0.1) is 0 Å². The summed E-state index contributed by atoms with van der Waals surface area (Å²) >= 11 is 8.35. The molecule has 2 atom stereocenters. The molecule has 14 nitrogen and oxygen atoms in total. The maximum Gasteiger partial charge on any atom is 0.347 e. The lowest BCUT2D eigenvalue weighted by Crippen LogP contribution is -2.71. The molecule has 17 heteroatoms. The predicted molar refractivity (Wildman–Crippen MR) is 149 cm³/mol. The second-order valence-corrected chi connectivity index (χ2v) is 12.6. The zero-order chi connectivity index (χ0) is 30.6. The molecule has 3 amide bonds. The number of ether oxygens (including phenoxy) is 1. The number of aromatic nitrogens is 2. The Balaban J connectivity index is 1.54. The van der Waals surface area contributed by atoms with E-state index in [4.69, 9.17) is 21.2 Å². The monoisotopic (exact) mass is 636 g/mol. The summed E-state index contributed by atoms with van der Waals surface area (Å²) in [5.74, 6) is -3.60. The summed E-state index contributed by atoms with van der Waals surface area (Å²) < 4.78 is 6.89. The number of hydrogen-bond acceptors (Lipinski definition) is 12. The third kappa shape index (κ3) is 7.06. The molecule has 4 heterocycles. The Morgan fingerprint density at radius 3 is 2.64 bits per heavy atom. The molecular weight excluding hydrogens is 612 g/mol. The predicted octanol–water partition coefficient (Wildman–Crippen LogP) is -0.181. The molecule has 2 N–H and O–H groups in total. The van der Waals surface area contributed by atoms with Crippen molar-refractivity contribution in [1.82, 2.24) is 15.2 Å². The van der Waals surface area contributed by atoms with Gasteiger partial charge in [0.25, 0.3) is 11.8 Å². The summed E-state index contributed by atoms with van der Waals surface area (Å²) in [4.78, 5) is 71.7. The highest BCUT2D eigenvalue weighted by Crippen LogP contribution is 2.40. The molecule has 0 radical (unpaired) electrons. The van der Waals surface area contributed by atoms with Crippen molar-refractivity contribution in [2.45, 2.75) is 44.3 Å². The van der Waals surface area contributed by atoms with Crippen molar-refractivity contribution in [3.8, 4) is 0 Å². The van der Waals surface area contributed by atoms with E-state index in [9.17, 15) is 29.1 Å². The van der Waals surface area contributed by atoms with Crippen LogP contribution >= 0.6 is 34.7 Å². The third-order valence-electron chi connectivity index (χ3n) is 5.64. The zero-order valence-corrected chi connectivity index (χ0v) is 24.9. The lowest BCUT2D eigenvalue weighted by molar-refractivity contribution is -0.689. The maximum atomic E-state index is 13.4. The van der Waals surface area contributed by atoms with Gasteiger partial charge < -0.3 is 30.1 Å².